The number of alkyl halides is 2. The van der Waals surface area contributed by atoms with Gasteiger partial charge in [0.05, 0.1) is 0 Å². The summed E-state index contributed by atoms with van der Waals surface area (Å²) in [7, 11) is 1.92. The summed E-state index contributed by atoms with van der Waals surface area (Å²) in [5.74, 6) is 2.47. The molecule has 0 saturated carbocycles. The van der Waals surface area contributed by atoms with Crippen LogP contribution < -0.4 is 20.3 Å². The van der Waals surface area contributed by atoms with Crippen LogP contribution >= 0.6 is 0 Å². The molecule has 1 aliphatic heterocycles. The standard InChI is InChI=1S/C21H29F2N7O/c1-4-11-24-21(25-13-19-28-27-15(2)29(19)3)26-16-6-5-12-30(14-16)17-7-9-18(10-8-17)31-20(22)23/h4,7-10,16,20H,1,5-6,11-14H2,2-3H3,(H2,24,25,26). The highest BCUT2D eigenvalue weighted by atomic mass is 19.3. The molecule has 8 nitrogen and oxygen atoms in total. The molecule has 2 heterocycles. The Morgan fingerprint density at radius 1 is 1.35 bits per heavy atom. The predicted octanol–water partition coefficient (Wildman–Crippen LogP) is 2.62. The molecular formula is C21H29F2N7O. The lowest BCUT2D eigenvalue weighted by Gasteiger charge is -2.35. The Labute approximate surface area is 181 Å². The van der Waals surface area contributed by atoms with Gasteiger partial charge in [-0.1, -0.05) is 6.08 Å². The highest BCUT2D eigenvalue weighted by Crippen LogP contribution is 2.23. The average Bonchev–Trinajstić information content (AvgIpc) is 3.08. The maximum Gasteiger partial charge on any atom is 0.387 e. The lowest BCUT2D eigenvalue weighted by Crippen LogP contribution is -2.51. The molecule has 2 aromatic rings. The molecule has 0 amide bonds. The summed E-state index contributed by atoms with van der Waals surface area (Å²) < 4.78 is 31.1. The number of aryl methyl sites for hydroxylation is 1. The van der Waals surface area contributed by atoms with Crippen LogP contribution in [0.2, 0.25) is 0 Å². The van der Waals surface area contributed by atoms with E-state index in [0.29, 0.717) is 19.0 Å². The van der Waals surface area contributed by atoms with E-state index in [1.807, 2.05) is 30.7 Å². The van der Waals surface area contributed by atoms with Crippen LogP contribution in [0.15, 0.2) is 41.9 Å². The van der Waals surface area contributed by atoms with Gasteiger partial charge < -0.3 is 24.8 Å². The molecule has 1 saturated heterocycles. The van der Waals surface area contributed by atoms with Crippen LogP contribution in [-0.4, -0.2) is 53.0 Å². The first-order valence-electron chi connectivity index (χ1n) is 10.3. The monoisotopic (exact) mass is 433 g/mol. The molecule has 168 valence electrons. The van der Waals surface area contributed by atoms with Crippen molar-refractivity contribution in [3.8, 4) is 5.75 Å². The van der Waals surface area contributed by atoms with E-state index in [1.54, 1.807) is 18.2 Å². The molecule has 1 atom stereocenters. The molecule has 0 bridgehead atoms. The number of aromatic nitrogens is 3. The summed E-state index contributed by atoms with van der Waals surface area (Å²) in [5.41, 5.74) is 0.972. The van der Waals surface area contributed by atoms with E-state index in [2.05, 4.69) is 42.0 Å². The van der Waals surface area contributed by atoms with Gasteiger partial charge in [0.1, 0.15) is 18.1 Å². The fourth-order valence-corrected chi connectivity index (χ4v) is 3.42. The van der Waals surface area contributed by atoms with Crippen molar-refractivity contribution in [1.82, 2.24) is 25.4 Å². The average molecular weight is 434 g/mol. The third kappa shape index (κ3) is 6.40. The summed E-state index contributed by atoms with van der Waals surface area (Å²) in [5, 5.41) is 15.0. The summed E-state index contributed by atoms with van der Waals surface area (Å²) in [6.45, 7) is 5.51. The Morgan fingerprint density at radius 3 is 2.77 bits per heavy atom. The van der Waals surface area contributed by atoms with Gasteiger partial charge in [-0.2, -0.15) is 8.78 Å². The second-order valence-corrected chi connectivity index (χ2v) is 7.36. The van der Waals surface area contributed by atoms with Gasteiger partial charge >= 0.3 is 6.61 Å². The van der Waals surface area contributed by atoms with Gasteiger partial charge in [0.25, 0.3) is 0 Å². The van der Waals surface area contributed by atoms with E-state index in [4.69, 9.17) is 0 Å². The quantitative estimate of drug-likeness (QED) is 0.379. The summed E-state index contributed by atoms with van der Waals surface area (Å²) >= 11 is 0. The van der Waals surface area contributed by atoms with E-state index in [9.17, 15) is 8.78 Å². The number of aliphatic imine (C=N–C) groups is 1. The van der Waals surface area contributed by atoms with Gasteiger partial charge in [-0.15, -0.1) is 16.8 Å². The highest BCUT2D eigenvalue weighted by molar-refractivity contribution is 5.80. The maximum atomic E-state index is 12.4. The molecule has 0 aliphatic carbocycles. The molecule has 1 aromatic heterocycles. The molecule has 0 radical (unpaired) electrons. The number of hydrogen-bond donors (Lipinski definition) is 2. The van der Waals surface area contributed by atoms with Gasteiger partial charge in [-0.05, 0) is 44.0 Å². The first-order valence-corrected chi connectivity index (χ1v) is 10.3. The summed E-state index contributed by atoms with van der Waals surface area (Å²) in [6, 6.07) is 6.94. The van der Waals surface area contributed by atoms with Gasteiger partial charge in [-0.25, -0.2) is 4.99 Å². The minimum atomic E-state index is -2.82. The van der Waals surface area contributed by atoms with Crippen LogP contribution in [0.3, 0.4) is 0 Å². The number of nitrogens with one attached hydrogen (secondary N) is 2. The molecule has 1 aromatic carbocycles. The van der Waals surface area contributed by atoms with Crippen molar-refractivity contribution in [2.24, 2.45) is 12.0 Å². The van der Waals surface area contributed by atoms with Gasteiger partial charge in [0.15, 0.2) is 11.8 Å². The van der Waals surface area contributed by atoms with E-state index in [-0.39, 0.29) is 11.8 Å². The number of piperidine rings is 1. The number of hydrogen-bond acceptors (Lipinski definition) is 5. The van der Waals surface area contributed by atoms with Crippen molar-refractivity contribution in [2.75, 3.05) is 24.5 Å². The summed E-state index contributed by atoms with van der Waals surface area (Å²) in [4.78, 5) is 6.88. The molecule has 1 unspecified atom stereocenters. The van der Waals surface area contributed by atoms with Crippen LogP contribution in [0.4, 0.5) is 14.5 Å². The fraction of sp³-hybridized carbons (Fsp3) is 0.476. The smallest absolute Gasteiger partial charge is 0.387 e. The first-order chi connectivity index (χ1) is 15.0. The normalized spacial score (nSPS) is 17.0. The Hall–Kier alpha value is -3.17. The molecule has 1 aliphatic rings. The van der Waals surface area contributed by atoms with E-state index >= 15 is 0 Å². The summed E-state index contributed by atoms with van der Waals surface area (Å²) in [6.07, 6.45) is 3.78. The fourth-order valence-electron chi connectivity index (χ4n) is 3.42. The lowest BCUT2D eigenvalue weighted by atomic mass is 10.0. The second-order valence-electron chi connectivity index (χ2n) is 7.36. The number of guanidine groups is 1. The second kappa shape index (κ2) is 10.7. The Kier molecular flexibility index (Phi) is 7.80. The first kappa shape index (κ1) is 22.5. The Bertz CT molecular complexity index is 882. The number of halogens is 2. The SMILES string of the molecule is C=CCNC(=NCc1nnc(C)n1C)NC1CCCN(c2ccc(OC(F)F)cc2)C1. The molecule has 10 heteroatoms. The van der Waals surface area contributed by atoms with Crippen molar-refractivity contribution in [3.05, 3.63) is 48.6 Å². The zero-order valence-electron chi connectivity index (χ0n) is 17.9. The van der Waals surface area contributed by atoms with Crippen molar-refractivity contribution in [3.63, 3.8) is 0 Å². The molecular weight excluding hydrogens is 404 g/mol. The van der Waals surface area contributed by atoms with E-state index in [0.717, 1.165) is 43.3 Å². The number of anilines is 1. The zero-order valence-corrected chi connectivity index (χ0v) is 17.9. The molecule has 2 N–H and O–H groups in total. The van der Waals surface area contributed by atoms with Crippen molar-refractivity contribution < 1.29 is 13.5 Å². The number of ether oxygens (including phenoxy) is 1. The van der Waals surface area contributed by atoms with Crippen molar-refractivity contribution in [2.45, 2.75) is 39.0 Å². The molecule has 1 fully saturated rings. The van der Waals surface area contributed by atoms with Crippen LogP contribution in [0.25, 0.3) is 0 Å². The van der Waals surface area contributed by atoms with Crippen molar-refractivity contribution in [1.29, 1.82) is 0 Å². The number of benzene rings is 1. The van der Waals surface area contributed by atoms with E-state index in [1.165, 1.54) is 0 Å². The molecule has 0 spiro atoms. The number of rotatable bonds is 8. The molecule has 31 heavy (non-hydrogen) atoms. The minimum Gasteiger partial charge on any atom is -0.435 e. The highest BCUT2D eigenvalue weighted by Gasteiger charge is 2.21. The van der Waals surface area contributed by atoms with Crippen LogP contribution in [0.1, 0.15) is 24.5 Å². The van der Waals surface area contributed by atoms with Gasteiger partial charge in [0.2, 0.25) is 0 Å². The predicted molar refractivity (Wildman–Crippen MR) is 117 cm³/mol. The van der Waals surface area contributed by atoms with Crippen LogP contribution in [0.5, 0.6) is 5.75 Å². The van der Waals surface area contributed by atoms with Crippen LogP contribution in [-0.2, 0) is 13.6 Å². The van der Waals surface area contributed by atoms with Gasteiger partial charge in [-0.3, -0.25) is 0 Å². The largest absolute Gasteiger partial charge is 0.435 e. The van der Waals surface area contributed by atoms with Crippen LogP contribution in [0, 0.1) is 6.92 Å². The zero-order chi connectivity index (χ0) is 22.2. The third-order valence-electron chi connectivity index (χ3n) is 5.16. The number of nitrogens with zero attached hydrogens (tertiary/aromatic N) is 5. The Morgan fingerprint density at radius 2 is 2.13 bits per heavy atom. The van der Waals surface area contributed by atoms with Gasteiger partial charge in [0, 0.05) is 38.4 Å². The third-order valence-corrected chi connectivity index (χ3v) is 5.16. The minimum absolute atomic E-state index is 0.160. The van der Waals surface area contributed by atoms with E-state index < -0.39 is 6.61 Å². The Balaban J connectivity index is 1.63. The lowest BCUT2D eigenvalue weighted by molar-refractivity contribution is -0.0498. The topological polar surface area (TPSA) is 79.6 Å². The molecule has 3 rings (SSSR count). The maximum absolute atomic E-state index is 12.4. The van der Waals surface area contributed by atoms with Crippen molar-refractivity contribution >= 4 is 11.6 Å².